The van der Waals surface area contributed by atoms with Crippen molar-refractivity contribution >= 4 is 22.5 Å². The summed E-state index contributed by atoms with van der Waals surface area (Å²) >= 11 is 5.98. The average molecular weight is 250 g/mol. The normalized spacial score (nSPS) is 12.2. The van der Waals surface area contributed by atoms with Crippen LogP contribution in [0.4, 0.5) is 0 Å². The highest BCUT2D eigenvalue weighted by Crippen LogP contribution is 2.24. The van der Waals surface area contributed by atoms with Gasteiger partial charge in [-0.25, -0.2) is 0 Å². The predicted molar refractivity (Wildman–Crippen MR) is 75.6 cm³/mol. The first-order valence-corrected chi connectivity index (χ1v) is 6.58. The number of nitrogens with zero attached hydrogens (tertiary/aromatic N) is 1. The Kier molecular flexibility index (Phi) is 3.48. The number of rotatable bonds is 3. The lowest BCUT2D eigenvalue weighted by Gasteiger charge is -2.18. The standard InChI is InChI=1S/C15H20ClN/c1-15(2,3)8-4-9-17-10-7-12-11-13(16)5-6-14(12)17/h5-7,10-11H,4,8-9H2,1-3H3. The van der Waals surface area contributed by atoms with Crippen LogP contribution in [-0.2, 0) is 6.54 Å². The molecule has 2 aromatic rings. The van der Waals surface area contributed by atoms with Crippen LogP contribution in [0.5, 0.6) is 0 Å². The Morgan fingerprint density at radius 1 is 1.18 bits per heavy atom. The molecule has 2 rings (SSSR count). The Balaban J connectivity index is 2.09. The number of hydrogen-bond donors (Lipinski definition) is 0. The van der Waals surface area contributed by atoms with Gasteiger partial charge in [-0.3, -0.25) is 0 Å². The number of benzene rings is 1. The second-order valence-corrected chi connectivity index (χ2v) is 6.31. The van der Waals surface area contributed by atoms with E-state index in [4.69, 9.17) is 11.6 Å². The summed E-state index contributed by atoms with van der Waals surface area (Å²) in [6.45, 7) is 7.96. The molecule has 0 aliphatic rings. The highest BCUT2D eigenvalue weighted by Gasteiger charge is 2.09. The number of fused-ring (bicyclic) bond motifs is 1. The van der Waals surface area contributed by atoms with E-state index in [1.54, 1.807) is 0 Å². The fraction of sp³-hybridized carbons (Fsp3) is 0.467. The maximum Gasteiger partial charge on any atom is 0.0481 e. The van der Waals surface area contributed by atoms with E-state index in [1.807, 2.05) is 12.1 Å². The third kappa shape index (κ3) is 3.26. The maximum absolute atomic E-state index is 5.98. The molecule has 0 bridgehead atoms. The van der Waals surface area contributed by atoms with Gasteiger partial charge < -0.3 is 4.57 Å². The maximum atomic E-state index is 5.98. The molecule has 0 unspecified atom stereocenters. The van der Waals surface area contributed by atoms with Gasteiger partial charge in [0.25, 0.3) is 0 Å². The van der Waals surface area contributed by atoms with E-state index in [0.717, 1.165) is 11.6 Å². The van der Waals surface area contributed by atoms with Gasteiger partial charge in [0.15, 0.2) is 0 Å². The third-order valence-corrected chi connectivity index (χ3v) is 3.29. The van der Waals surface area contributed by atoms with Crippen LogP contribution in [0.1, 0.15) is 33.6 Å². The van der Waals surface area contributed by atoms with Gasteiger partial charge in [-0.05, 0) is 42.5 Å². The van der Waals surface area contributed by atoms with Crippen molar-refractivity contribution in [2.45, 2.75) is 40.2 Å². The van der Waals surface area contributed by atoms with Crippen LogP contribution in [0, 0.1) is 5.41 Å². The zero-order chi connectivity index (χ0) is 12.5. The van der Waals surface area contributed by atoms with Gasteiger partial charge in [-0.2, -0.15) is 0 Å². The minimum Gasteiger partial charge on any atom is -0.347 e. The van der Waals surface area contributed by atoms with Crippen LogP contribution in [0.3, 0.4) is 0 Å². The summed E-state index contributed by atoms with van der Waals surface area (Å²) < 4.78 is 2.32. The van der Waals surface area contributed by atoms with E-state index in [0.29, 0.717) is 5.41 Å². The molecule has 0 amide bonds. The number of aryl methyl sites for hydroxylation is 1. The molecule has 0 aliphatic carbocycles. The first kappa shape index (κ1) is 12.5. The van der Waals surface area contributed by atoms with Crippen molar-refractivity contribution in [2.24, 2.45) is 5.41 Å². The number of hydrogen-bond acceptors (Lipinski definition) is 0. The van der Waals surface area contributed by atoms with E-state index in [2.05, 4.69) is 43.7 Å². The summed E-state index contributed by atoms with van der Waals surface area (Å²) in [5.41, 5.74) is 1.70. The van der Waals surface area contributed by atoms with Crippen LogP contribution in [-0.4, -0.2) is 4.57 Å². The second-order valence-electron chi connectivity index (χ2n) is 5.88. The Morgan fingerprint density at radius 2 is 1.94 bits per heavy atom. The molecule has 1 aromatic heterocycles. The van der Waals surface area contributed by atoms with E-state index in [1.165, 1.54) is 23.7 Å². The molecule has 0 aliphatic heterocycles. The van der Waals surface area contributed by atoms with Crippen LogP contribution < -0.4 is 0 Å². The Labute approximate surface area is 108 Å². The van der Waals surface area contributed by atoms with E-state index in [9.17, 15) is 0 Å². The summed E-state index contributed by atoms with van der Waals surface area (Å²) in [5.74, 6) is 0. The predicted octanol–water partition coefficient (Wildman–Crippen LogP) is 5.12. The molecule has 0 radical (unpaired) electrons. The molecule has 1 heterocycles. The molecule has 0 N–H and O–H groups in total. The van der Waals surface area contributed by atoms with Crippen molar-refractivity contribution in [3.8, 4) is 0 Å². The molecule has 1 aromatic carbocycles. The third-order valence-electron chi connectivity index (χ3n) is 3.06. The van der Waals surface area contributed by atoms with Gasteiger partial charge in [-0.1, -0.05) is 32.4 Å². The minimum absolute atomic E-state index is 0.423. The van der Waals surface area contributed by atoms with Crippen LogP contribution in [0.25, 0.3) is 10.9 Å². The monoisotopic (exact) mass is 249 g/mol. The average Bonchev–Trinajstić information content (AvgIpc) is 2.59. The Bertz CT molecular complexity index is 505. The largest absolute Gasteiger partial charge is 0.347 e. The molecule has 0 fully saturated rings. The van der Waals surface area contributed by atoms with Crippen molar-refractivity contribution < 1.29 is 0 Å². The van der Waals surface area contributed by atoms with E-state index < -0.39 is 0 Å². The molecular weight excluding hydrogens is 230 g/mol. The lowest BCUT2D eigenvalue weighted by Crippen LogP contribution is -2.06. The van der Waals surface area contributed by atoms with Gasteiger partial charge in [0, 0.05) is 28.7 Å². The summed E-state index contributed by atoms with van der Waals surface area (Å²) in [6.07, 6.45) is 4.62. The van der Waals surface area contributed by atoms with Gasteiger partial charge in [0.1, 0.15) is 0 Å². The lowest BCUT2D eigenvalue weighted by molar-refractivity contribution is 0.355. The van der Waals surface area contributed by atoms with E-state index >= 15 is 0 Å². The van der Waals surface area contributed by atoms with Gasteiger partial charge in [-0.15, -0.1) is 0 Å². The molecule has 0 spiro atoms. The van der Waals surface area contributed by atoms with Crippen molar-refractivity contribution in [1.82, 2.24) is 4.57 Å². The molecule has 1 nitrogen and oxygen atoms in total. The first-order chi connectivity index (χ1) is 7.96. The molecular formula is C15H20ClN. The van der Waals surface area contributed by atoms with Crippen LogP contribution in [0.2, 0.25) is 5.02 Å². The van der Waals surface area contributed by atoms with Gasteiger partial charge >= 0.3 is 0 Å². The molecule has 92 valence electrons. The van der Waals surface area contributed by atoms with Gasteiger partial charge in [0.2, 0.25) is 0 Å². The zero-order valence-electron chi connectivity index (χ0n) is 10.8. The number of halogens is 1. The lowest BCUT2D eigenvalue weighted by atomic mass is 9.91. The molecule has 2 heteroatoms. The SMILES string of the molecule is CC(C)(C)CCCn1ccc2cc(Cl)ccc21. The Hall–Kier alpha value is -0.950. The molecule has 0 saturated carbocycles. The van der Waals surface area contributed by atoms with Crippen LogP contribution >= 0.6 is 11.6 Å². The Morgan fingerprint density at radius 3 is 2.65 bits per heavy atom. The molecule has 17 heavy (non-hydrogen) atoms. The van der Waals surface area contributed by atoms with E-state index in [-0.39, 0.29) is 0 Å². The summed E-state index contributed by atoms with van der Waals surface area (Å²) in [5, 5.41) is 2.04. The summed E-state index contributed by atoms with van der Waals surface area (Å²) in [4.78, 5) is 0. The number of aromatic nitrogens is 1. The molecule has 0 saturated heterocycles. The highest BCUT2D eigenvalue weighted by atomic mass is 35.5. The topological polar surface area (TPSA) is 4.93 Å². The fourth-order valence-electron chi connectivity index (χ4n) is 2.15. The highest BCUT2D eigenvalue weighted by molar-refractivity contribution is 6.31. The van der Waals surface area contributed by atoms with Crippen molar-refractivity contribution in [3.05, 3.63) is 35.5 Å². The molecule has 0 atom stereocenters. The van der Waals surface area contributed by atoms with Crippen LogP contribution in [0.15, 0.2) is 30.5 Å². The summed E-state index contributed by atoms with van der Waals surface area (Å²) in [6, 6.07) is 8.23. The quantitative estimate of drug-likeness (QED) is 0.712. The first-order valence-electron chi connectivity index (χ1n) is 6.20. The van der Waals surface area contributed by atoms with Crippen molar-refractivity contribution in [3.63, 3.8) is 0 Å². The van der Waals surface area contributed by atoms with Gasteiger partial charge in [0.05, 0.1) is 0 Å². The van der Waals surface area contributed by atoms with Crippen molar-refractivity contribution in [1.29, 1.82) is 0 Å². The minimum atomic E-state index is 0.423. The fourth-order valence-corrected chi connectivity index (χ4v) is 2.33. The smallest absolute Gasteiger partial charge is 0.0481 e. The van der Waals surface area contributed by atoms with Crippen molar-refractivity contribution in [2.75, 3.05) is 0 Å². The summed E-state index contributed by atoms with van der Waals surface area (Å²) in [7, 11) is 0. The zero-order valence-corrected chi connectivity index (χ0v) is 11.6. The second kappa shape index (κ2) is 4.73.